The lowest BCUT2D eigenvalue weighted by molar-refractivity contribution is -0.384. The van der Waals surface area contributed by atoms with E-state index in [9.17, 15) is 24.1 Å². The van der Waals surface area contributed by atoms with Crippen LogP contribution in [0.4, 0.5) is 15.8 Å². The number of anilines is 1. The molecule has 0 aromatic heterocycles. The van der Waals surface area contributed by atoms with E-state index in [1.54, 1.807) is 13.0 Å². The first-order valence-electron chi connectivity index (χ1n) is 8.20. The molecule has 7 nitrogen and oxygen atoms in total. The van der Waals surface area contributed by atoms with Crippen molar-refractivity contribution in [3.63, 3.8) is 0 Å². The van der Waals surface area contributed by atoms with Crippen LogP contribution in [-0.4, -0.2) is 23.9 Å². The van der Waals surface area contributed by atoms with Crippen molar-refractivity contribution in [2.75, 3.05) is 12.0 Å². The minimum Gasteiger partial charge on any atom is -0.465 e. The number of amides is 1. The van der Waals surface area contributed by atoms with Crippen LogP contribution in [0, 0.1) is 15.9 Å². The average Bonchev–Trinajstić information content (AvgIpc) is 2.93. The van der Waals surface area contributed by atoms with Crippen LogP contribution >= 0.6 is 0 Å². The molecule has 0 radical (unpaired) electrons. The van der Waals surface area contributed by atoms with Crippen LogP contribution in [0.5, 0.6) is 0 Å². The van der Waals surface area contributed by atoms with Crippen molar-refractivity contribution in [1.29, 1.82) is 0 Å². The van der Waals surface area contributed by atoms with Crippen LogP contribution in [0.25, 0.3) is 6.08 Å². The number of hydrogen-bond acceptors (Lipinski definition) is 5. The second-order valence-corrected chi connectivity index (χ2v) is 5.95. The second-order valence-electron chi connectivity index (χ2n) is 5.95. The fourth-order valence-corrected chi connectivity index (χ4v) is 2.96. The highest BCUT2D eigenvalue weighted by Gasteiger charge is 2.38. The summed E-state index contributed by atoms with van der Waals surface area (Å²) in [5, 5.41) is 10.8. The summed E-state index contributed by atoms with van der Waals surface area (Å²) in [6, 6.07) is 11.2. The first-order valence-corrected chi connectivity index (χ1v) is 8.20. The maximum Gasteiger partial charge on any atom is 0.340 e. The molecule has 2 aromatic carbocycles. The third kappa shape index (κ3) is 3.27. The van der Waals surface area contributed by atoms with Gasteiger partial charge in [0, 0.05) is 29.1 Å². The summed E-state index contributed by atoms with van der Waals surface area (Å²) in [5.41, 5.74) is 0.625. The van der Waals surface area contributed by atoms with Crippen molar-refractivity contribution in [1.82, 2.24) is 0 Å². The lowest BCUT2D eigenvalue weighted by Crippen LogP contribution is -2.24. The average molecular weight is 382 g/mol. The van der Waals surface area contributed by atoms with Gasteiger partial charge in [-0.25, -0.2) is 9.18 Å². The topological polar surface area (TPSA) is 89.8 Å². The summed E-state index contributed by atoms with van der Waals surface area (Å²) >= 11 is 0. The van der Waals surface area contributed by atoms with E-state index in [0.717, 1.165) is 0 Å². The zero-order valence-corrected chi connectivity index (χ0v) is 15.0. The van der Waals surface area contributed by atoms with Gasteiger partial charge in [0.1, 0.15) is 5.82 Å². The third-order valence-corrected chi connectivity index (χ3v) is 4.31. The largest absolute Gasteiger partial charge is 0.465 e. The molecule has 28 heavy (non-hydrogen) atoms. The highest BCUT2D eigenvalue weighted by molar-refractivity contribution is 6.23. The normalized spacial score (nSPS) is 15.3. The van der Waals surface area contributed by atoms with Crippen molar-refractivity contribution in [2.45, 2.75) is 6.92 Å². The number of carbonyl (C=O) groups excluding carboxylic acids is 2. The number of benzene rings is 2. The molecular formula is C20H15FN2O5. The van der Waals surface area contributed by atoms with E-state index < -0.39 is 22.6 Å². The van der Waals surface area contributed by atoms with E-state index >= 15 is 0 Å². The van der Waals surface area contributed by atoms with E-state index in [4.69, 9.17) is 4.74 Å². The predicted octanol–water partition coefficient (Wildman–Crippen LogP) is 3.61. The molecule has 142 valence electrons. The highest BCUT2D eigenvalue weighted by atomic mass is 19.1. The van der Waals surface area contributed by atoms with Gasteiger partial charge in [0.2, 0.25) is 0 Å². The van der Waals surface area contributed by atoms with Gasteiger partial charge in [0.25, 0.3) is 11.6 Å². The smallest absolute Gasteiger partial charge is 0.340 e. The van der Waals surface area contributed by atoms with Crippen LogP contribution in [0.15, 0.2) is 65.4 Å². The molecule has 8 heteroatoms. The van der Waals surface area contributed by atoms with Crippen molar-refractivity contribution in [3.8, 4) is 0 Å². The van der Waals surface area contributed by atoms with Gasteiger partial charge in [-0.15, -0.1) is 0 Å². The maximum atomic E-state index is 14.1. The predicted molar refractivity (Wildman–Crippen MR) is 99.7 cm³/mol. The number of halogens is 1. The molecule has 2 aromatic rings. The fourth-order valence-electron chi connectivity index (χ4n) is 2.96. The molecule has 0 atom stereocenters. The molecular weight excluding hydrogens is 367 g/mol. The summed E-state index contributed by atoms with van der Waals surface area (Å²) in [4.78, 5) is 36.9. The Kier molecular flexibility index (Phi) is 5.04. The van der Waals surface area contributed by atoms with Crippen LogP contribution < -0.4 is 4.90 Å². The van der Waals surface area contributed by atoms with E-state index in [0.29, 0.717) is 5.69 Å². The van der Waals surface area contributed by atoms with Crippen LogP contribution in [-0.2, 0) is 14.3 Å². The first-order chi connectivity index (χ1) is 13.3. The minimum atomic E-state index is -0.738. The monoisotopic (exact) mass is 382 g/mol. The first kappa shape index (κ1) is 19.0. The molecule has 0 saturated carbocycles. The van der Waals surface area contributed by atoms with E-state index in [1.165, 1.54) is 60.6 Å². The number of nitro groups is 1. The van der Waals surface area contributed by atoms with Gasteiger partial charge in [0.05, 0.1) is 23.2 Å². The Morgan fingerprint density at radius 1 is 1.18 bits per heavy atom. The van der Waals surface area contributed by atoms with Gasteiger partial charge in [0.15, 0.2) is 0 Å². The molecule has 0 bridgehead atoms. The number of ether oxygens (including phenoxy) is 1. The van der Waals surface area contributed by atoms with Crippen molar-refractivity contribution >= 4 is 29.3 Å². The van der Waals surface area contributed by atoms with Crippen molar-refractivity contribution in [2.24, 2.45) is 0 Å². The van der Waals surface area contributed by atoms with Gasteiger partial charge in [-0.2, -0.15) is 0 Å². The molecule has 3 rings (SSSR count). The molecule has 1 aliphatic rings. The number of esters is 1. The number of allylic oxidation sites excluding steroid dienone is 1. The number of rotatable bonds is 4. The Labute approximate surface area is 159 Å². The summed E-state index contributed by atoms with van der Waals surface area (Å²) in [5.74, 6) is -1.84. The molecule has 0 unspecified atom stereocenters. The lowest BCUT2D eigenvalue weighted by atomic mass is 10.0. The number of non-ortho nitro benzene ring substituents is 1. The molecule has 1 heterocycles. The Hall–Kier alpha value is -3.81. The number of carbonyl (C=O) groups is 2. The molecule has 0 N–H and O–H groups in total. The Balaban J connectivity index is 2.12. The number of nitrogens with zero attached hydrogens (tertiary/aromatic N) is 2. The molecule has 1 aliphatic heterocycles. The highest BCUT2D eigenvalue weighted by Crippen LogP contribution is 2.36. The SMILES string of the molecule is COC(=O)C1=C(C)N(c2ccc([N+](=O)[O-])cc2)C(=O)C1=Cc1ccccc1F. The van der Waals surface area contributed by atoms with Gasteiger partial charge in [-0.3, -0.25) is 19.8 Å². The summed E-state index contributed by atoms with van der Waals surface area (Å²) < 4.78 is 18.8. The zero-order chi connectivity index (χ0) is 20.4. The van der Waals surface area contributed by atoms with Crippen LogP contribution in [0.1, 0.15) is 12.5 Å². The zero-order valence-electron chi connectivity index (χ0n) is 15.0. The molecule has 0 spiro atoms. The van der Waals surface area contributed by atoms with E-state index in [2.05, 4.69) is 0 Å². The van der Waals surface area contributed by atoms with E-state index in [-0.39, 0.29) is 28.1 Å². The Morgan fingerprint density at radius 2 is 1.82 bits per heavy atom. The molecule has 0 aliphatic carbocycles. The van der Waals surface area contributed by atoms with Crippen LogP contribution in [0.3, 0.4) is 0 Å². The van der Waals surface area contributed by atoms with E-state index in [1.807, 2.05) is 0 Å². The quantitative estimate of drug-likeness (QED) is 0.349. The van der Waals surface area contributed by atoms with Crippen LogP contribution in [0.2, 0.25) is 0 Å². The summed E-state index contributed by atoms with van der Waals surface area (Å²) in [6.45, 7) is 1.55. The molecule has 1 amide bonds. The van der Waals surface area contributed by atoms with Crippen molar-refractivity contribution < 1.29 is 23.6 Å². The van der Waals surface area contributed by atoms with Gasteiger partial charge in [-0.05, 0) is 31.2 Å². The molecule has 0 fully saturated rings. The lowest BCUT2D eigenvalue weighted by Gasteiger charge is -2.17. The van der Waals surface area contributed by atoms with Gasteiger partial charge in [-0.1, -0.05) is 18.2 Å². The Morgan fingerprint density at radius 3 is 2.39 bits per heavy atom. The summed E-state index contributed by atoms with van der Waals surface area (Å²) in [6.07, 6.45) is 1.29. The fraction of sp³-hybridized carbons (Fsp3) is 0.100. The number of nitro benzene ring substituents is 1. The third-order valence-electron chi connectivity index (χ3n) is 4.31. The number of methoxy groups -OCH3 is 1. The minimum absolute atomic E-state index is 0.00843. The Bertz CT molecular complexity index is 1040. The maximum absolute atomic E-state index is 14.1. The number of hydrogen-bond donors (Lipinski definition) is 0. The second kappa shape index (κ2) is 7.43. The van der Waals surface area contributed by atoms with Crippen molar-refractivity contribution in [3.05, 3.63) is 86.9 Å². The van der Waals surface area contributed by atoms with Gasteiger partial charge >= 0.3 is 5.97 Å². The standard InChI is InChI=1S/C20H15FN2O5/c1-12-18(20(25)28-2)16(11-13-5-3-4-6-17(13)21)19(24)22(12)14-7-9-15(10-8-14)23(26)27/h3-11H,1-2H3. The summed E-state index contributed by atoms with van der Waals surface area (Å²) in [7, 11) is 1.18. The molecule has 0 saturated heterocycles. The van der Waals surface area contributed by atoms with Gasteiger partial charge < -0.3 is 4.74 Å².